The van der Waals surface area contributed by atoms with Crippen molar-refractivity contribution in [1.82, 2.24) is 0 Å². The maximum Gasteiger partial charge on any atom is 0.441 e. The minimum absolute atomic E-state index is 0.772. The quantitative estimate of drug-likeness (QED) is 0.662. The molecule has 26 heavy (non-hydrogen) atoms. The van der Waals surface area contributed by atoms with Crippen LogP contribution in [-0.2, 0) is 13.0 Å². The van der Waals surface area contributed by atoms with Crippen molar-refractivity contribution in [3.05, 3.63) is 90.0 Å². The second-order valence-electron chi connectivity index (χ2n) is 7.92. The summed E-state index contributed by atoms with van der Waals surface area (Å²) in [5.74, 6) is 1.02. The fourth-order valence-electron chi connectivity index (χ4n) is 4.55. The molecule has 132 valence electrons. The van der Waals surface area contributed by atoms with Crippen LogP contribution in [0.15, 0.2) is 78.9 Å². The van der Waals surface area contributed by atoms with Gasteiger partial charge in [0.25, 0.3) is 0 Å². The summed E-state index contributed by atoms with van der Waals surface area (Å²) in [6, 6.07) is 28.1. The lowest BCUT2D eigenvalue weighted by Gasteiger charge is -2.59. The Morgan fingerprint density at radius 2 is 1.42 bits per heavy atom. The van der Waals surface area contributed by atoms with E-state index in [0.717, 1.165) is 23.1 Å². The first-order valence-electron chi connectivity index (χ1n) is 9.46. The van der Waals surface area contributed by atoms with Gasteiger partial charge in [0.1, 0.15) is 0 Å². The Morgan fingerprint density at radius 3 is 1.96 bits per heavy atom. The van der Waals surface area contributed by atoms with Crippen molar-refractivity contribution in [3.8, 4) is 5.75 Å². The summed E-state index contributed by atoms with van der Waals surface area (Å²) in [7, 11) is 4.59. The molecule has 0 saturated carbocycles. The molecular weight excluding hydrogens is 317 g/mol. The van der Waals surface area contributed by atoms with Gasteiger partial charge in [-0.15, -0.1) is 0 Å². The van der Waals surface area contributed by atoms with E-state index in [4.69, 9.17) is 4.65 Å². The van der Waals surface area contributed by atoms with Crippen molar-refractivity contribution in [2.75, 3.05) is 14.1 Å². The molecule has 0 saturated heterocycles. The predicted octanol–water partition coefficient (Wildman–Crippen LogP) is 3.47. The molecule has 4 rings (SSSR count). The first-order chi connectivity index (χ1) is 12.6. The molecule has 3 aromatic rings. The second kappa shape index (κ2) is 6.33. The molecule has 0 radical (unpaired) electrons. The average molecular weight is 343 g/mol. The zero-order chi connectivity index (χ0) is 18.2. The summed E-state index contributed by atoms with van der Waals surface area (Å²) in [5.41, 5.74) is 5.16. The van der Waals surface area contributed by atoms with E-state index in [0.29, 0.717) is 0 Å². The number of nitrogens with zero attached hydrogens (tertiary/aromatic N) is 1. The Bertz CT molecular complexity index is 867. The van der Waals surface area contributed by atoms with E-state index in [9.17, 15) is 0 Å². The van der Waals surface area contributed by atoms with Crippen molar-refractivity contribution in [1.29, 1.82) is 0 Å². The van der Waals surface area contributed by atoms with Gasteiger partial charge in [0.05, 0.1) is 12.3 Å². The standard InChI is InChI=1S/C23H26BNO/c1-4-19-15-16-23-20(17-19)18-25(2,3)24(26-23,21-11-7-5-8-12-21)22-13-9-6-10-14-22/h5-17H,4,18H2,1-3H3. The lowest BCUT2D eigenvalue weighted by atomic mass is 9.38. The van der Waals surface area contributed by atoms with Crippen LogP contribution in [0.2, 0.25) is 0 Å². The molecule has 2 nitrogen and oxygen atoms in total. The van der Waals surface area contributed by atoms with Crippen molar-refractivity contribution >= 4 is 17.4 Å². The lowest BCUT2D eigenvalue weighted by molar-refractivity contribution is -0.811. The maximum absolute atomic E-state index is 6.94. The molecular formula is C23H26BNO. The third kappa shape index (κ3) is 2.55. The van der Waals surface area contributed by atoms with Crippen LogP contribution in [0.5, 0.6) is 5.75 Å². The van der Waals surface area contributed by atoms with E-state index < -0.39 is 6.48 Å². The zero-order valence-electron chi connectivity index (χ0n) is 15.9. The fraction of sp³-hybridized carbons (Fsp3) is 0.217. The Morgan fingerprint density at radius 1 is 0.846 bits per heavy atom. The Hall–Kier alpha value is -2.52. The topological polar surface area (TPSA) is 9.23 Å². The normalized spacial score (nSPS) is 17.2. The SMILES string of the molecule is CCc1ccc2c(c1)C[N+](C)(C)[B-](c1ccccc1)(c1ccccc1)O2. The smallest absolute Gasteiger partial charge is 0.441 e. The molecule has 0 aliphatic carbocycles. The Labute approximate surface area is 156 Å². The van der Waals surface area contributed by atoms with Gasteiger partial charge in [0.15, 0.2) is 0 Å². The third-order valence-electron chi connectivity index (χ3n) is 5.90. The van der Waals surface area contributed by atoms with Crippen LogP contribution < -0.4 is 15.6 Å². The summed E-state index contributed by atoms with van der Waals surface area (Å²) in [6.07, 6.45) is 1.05. The molecule has 0 spiro atoms. The molecule has 0 aromatic heterocycles. The molecule has 0 unspecified atom stereocenters. The molecule has 0 bridgehead atoms. The van der Waals surface area contributed by atoms with Crippen LogP contribution in [0, 0.1) is 0 Å². The summed E-state index contributed by atoms with van der Waals surface area (Å²) < 4.78 is 7.71. The van der Waals surface area contributed by atoms with Gasteiger partial charge in [-0.1, -0.05) is 84.6 Å². The number of aryl methyl sites for hydroxylation is 1. The minimum atomic E-state index is -1.44. The van der Waals surface area contributed by atoms with Crippen LogP contribution in [-0.4, -0.2) is 25.0 Å². The van der Waals surface area contributed by atoms with Crippen LogP contribution in [0.25, 0.3) is 0 Å². The van der Waals surface area contributed by atoms with Crippen LogP contribution in [0.1, 0.15) is 18.1 Å². The van der Waals surface area contributed by atoms with Crippen molar-refractivity contribution in [2.45, 2.75) is 19.9 Å². The Kier molecular flexibility index (Phi) is 4.12. The number of hydrogen-bond donors (Lipinski definition) is 0. The van der Waals surface area contributed by atoms with E-state index in [2.05, 4.69) is 99.9 Å². The molecule has 3 heteroatoms. The zero-order valence-corrected chi connectivity index (χ0v) is 15.9. The first kappa shape index (κ1) is 16.9. The van der Waals surface area contributed by atoms with Crippen molar-refractivity contribution in [2.24, 2.45) is 0 Å². The van der Waals surface area contributed by atoms with Gasteiger partial charge in [-0.25, -0.2) is 0 Å². The number of rotatable bonds is 3. The molecule has 0 N–H and O–H groups in total. The Balaban J connectivity index is 1.96. The molecule has 0 fully saturated rings. The largest absolute Gasteiger partial charge is 0.658 e. The fourth-order valence-corrected chi connectivity index (χ4v) is 4.55. The monoisotopic (exact) mass is 343 g/mol. The minimum Gasteiger partial charge on any atom is -0.658 e. The van der Waals surface area contributed by atoms with Gasteiger partial charge in [-0.05, 0) is 24.1 Å². The predicted molar refractivity (Wildman–Crippen MR) is 110 cm³/mol. The van der Waals surface area contributed by atoms with Gasteiger partial charge in [-0.2, -0.15) is 0 Å². The van der Waals surface area contributed by atoms with E-state index in [1.54, 1.807) is 0 Å². The number of hydrogen-bond acceptors (Lipinski definition) is 1. The second-order valence-corrected chi connectivity index (χ2v) is 7.92. The molecule has 0 atom stereocenters. The number of benzene rings is 3. The average Bonchev–Trinajstić information content (AvgIpc) is 2.67. The highest BCUT2D eigenvalue weighted by Gasteiger charge is 2.51. The summed E-state index contributed by atoms with van der Waals surface area (Å²) >= 11 is 0. The van der Waals surface area contributed by atoms with E-state index in [-0.39, 0.29) is 0 Å². The van der Waals surface area contributed by atoms with E-state index >= 15 is 0 Å². The molecule has 1 aliphatic rings. The van der Waals surface area contributed by atoms with Crippen molar-refractivity contribution < 1.29 is 9.05 Å². The molecule has 0 amide bonds. The molecule has 3 aromatic carbocycles. The molecule has 1 aliphatic heterocycles. The van der Waals surface area contributed by atoms with Crippen LogP contribution in [0.3, 0.4) is 0 Å². The van der Waals surface area contributed by atoms with Gasteiger partial charge < -0.3 is 9.05 Å². The lowest BCUT2D eigenvalue weighted by Crippen LogP contribution is -2.81. The first-order valence-corrected chi connectivity index (χ1v) is 9.46. The highest BCUT2D eigenvalue weighted by atomic mass is 16.5. The highest BCUT2D eigenvalue weighted by Crippen LogP contribution is 2.35. The van der Waals surface area contributed by atoms with E-state index in [1.807, 2.05) is 0 Å². The van der Waals surface area contributed by atoms with Gasteiger partial charge >= 0.3 is 6.48 Å². The molecule has 1 heterocycles. The highest BCUT2D eigenvalue weighted by molar-refractivity contribution is 6.92. The summed E-state index contributed by atoms with van der Waals surface area (Å²) in [4.78, 5) is 0. The van der Waals surface area contributed by atoms with Gasteiger partial charge in [0, 0.05) is 19.7 Å². The number of fused-ring (bicyclic) bond motifs is 1. The van der Waals surface area contributed by atoms with Crippen molar-refractivity contribution in [3.63, 3.8) is 0 Å². The summed E-state index contributed by atoms with van der Waals surface area (Å²) in [6.45, 7) is 1.72. The van der Waals surface area contributed by atoms with Gasteiger partial charge in [-0.3, -0.25) is 0 Å². The third-order valence-corrected chi connectivity index (χ3v) is 5.90. The maximum atomic E-state index is 6.94. The number of quaternary nitrogens is 1. The van der Waals surface area contributed by atoms with Gasteiger partial charge in [0.2, 0.25) is 0 Å². The van der Waals surface area contributed by atoms with E-state index in [1.165, 1.54) is 22.1 Å². The summed E-state index contributed by atoms with van der Waals surface area (Å²) in [5, 5.41) is 0. The van der Waals surface area contributed by atoms with Crippen LogP contribution in [0.4, 0.5) is 0 Å². The van der Waals surface area contributed by atoms with Crippen LogP contribution >= 0.6 is 0 Å².